The van der Waals surface area contributed by atoms with Crippen molar-refractivity contribution in [2.45, 2.75) is 12.8 Å². The fourth-order valence-electron chi connectivity index (χ4n) is 2.43. The fourth-order valence-corrected chi connectivity index (χ4v) is 2.43. The van der Waals surface area contributed by atoms with Gasteiger partial charge in [-0.25, -0.2) is 9.48 Å². The summed E-state index contributed by atoms with van der Waals surface area (Å²) in [6.07, 6.45) is -2.39. The number of alkyl carbamates (subject to hydrolysis) is 1. The number of carboxylic acids is 1. The maximum absolute atomic E-state index is 12.0. The summed E-state index contributed by atoms with van der Waals surface area (Å²) in [6, 6.07) is 15.7. The van der Waals surface area contributed by atoms with Crippen molar-refractivity contribution in [1.29, 1.82) is 0 Å². The number of carbonyl (C=O) groups is 3. The summed E-state index contributed by atoms with van der Waals surface area (Å²) < 4.78 is 6.00. The molecule has 0 saturated heterocycles. The Morgan fingerprint density at radius 2 is 1.76 bits per heavy atom. The number of aromatic nitrogens is 3. The van der Waals surface area contributed by atoms with Gasteiger partial charge >= 0.3 is 35.7 Å². The normalized spacial score (nSPS) is 11.2. The molecule has 0 bridgehead atoms. The summed E-state index contributed by atoms with van der Waals surface area (Å²) in [6.45, 7) is -0.440. The molecule has 144 valence electrons. The molecule has 10 nitrogen and oxygen atoms in total. The van der Waals surface area contributed by atoms with E-state index in [0.717, 1.165) is 10.2 Å². The first kappa shape index (κ1) is 22.3. The molecule has 0 radical (unpaired) electrons. The summed E-state index contributed by atoms with van der Waals surface area (Å²) in [5.74, 6) is -2.33. The minimum atomic E-state index is -1.58. The Morgan fingerprint density at radius 1 is 1.07 bits per heavy atom. The number of nitrogens with zero attached hydrogens (tertiary/aromatic N) is 3. The third-order valence-corrected chi connectivity index (χ3v) is 3.75. The van der Waals surface area contributed by atoms with Gasteiger partial charge < -0.3 is 25.3 Å². The summed E-state index contributed by atoms with van der Waals surface area (Å²) in [5.41, 5.74) is 1.66. The quantitative estimate of drug-likeness (QED) is 0.393. The van der Waals surface area contributed by atoms with Crippen LogP contribution >= 0.6 is 0 Å². The zero-order chi connectivity index (χ0) is 19.9. The van der Waals surface area contributed by atoms with Crippen molar-refractivity contribution < 1.29 is 53.8 Å². The van der Waals surface area contributed by atoms with Gasteiger partial charge in [-0.1, -0.05) is 47.7 Å². The number of para-hydroxylation sites is 1. The van der Waals surface area contributed by atoms with Crippen LogP contribution in [0.2, 0.25) is 0 Å². The molecule has 11 heteroatoms. The van der Waals surface area contributed by atoms with Crippen LogP contribution in [-0.4, -0.2) is 39.5 Å². The number of amides is 2. The molecule has 0 aliphatic rings. The van der Waals surface area contributed by atoms with Crippen molar-refractivity contribution in [3.8, 4) is 0 Å². The van der Waals surface area contributed by atoms with Gasteiger partial charge in [-0.15, -0.1) is 5.10 Å². The summed E-state index contributed by atoms with van der Waals surface area (Å²) in [7, 11) is 0. The van der Waals surface area contributed by atoms with E-state index < -0.39 is 30.7 Å². The van der Waals surface area contributed by atoms with Gasteiger partial charge in [-0.3, -0.25) is 4.79 Å². The Hall–Kier alpha value is -2.95. The SMILES string of the molecule is O=C(CNC(=O)OCc1ccccc1)NC(C(=O)[O-])n1nnc2ccccc21.[Na+]. The predicted molar refractivity (Wildman–Crippen MR) is 94.3 cm³/mol. The molecule has 2 amide bonds. The van der Waals surface area contributed by atoms with Crippen LogP contribution in [0.1, 0.15) is 11.7 Å². The van der Waals surface area contributed by atoms with Crippen LogP contribution in [0.25, 0.3) is 11.0 Å². The van der Waals surface area contributed by atoms with Crippen molar-refractivity contribution in [3.63, 3.8) is 0 Å². The van der Waals surface area contributed by atoms with E-state index >= 15 is 0 Å². The van der Waals surface area contributed by atoms with Crippen molar-refractivity contribution in [2.75, 3.05) is 6.54 Å². The second kappa shape index (κ2) is 10.6. The number of nitrogens with one attached hydrogen (secondary N) is 2. The van der Waals surface area contributed by atoms with E-state index in [2.05, 4.69) is 20.9 Å². The topological polar surface area (TPSA) is 138 Å². The molecule has 3 rings (SSSR count). The van der Waals surface area contributed by atoms with E-state index in [0.29, 0.717) is 11.0 Å². The monoisotopic (exact) mass is 405 g/mol. The number of carbonyl (C=O) groups excluding carboxylic acids is 3. The number of rotatable bonds is 7. The standard InChI is InChI=1S/C18H17N5O5.Na/c24-15(10-19-18(27)28-11-12-6-2-1-3-7-12)20-16(17(25)26)23-14-9-5-4-8-13(14)21-22-23;/h1-9,16H,10-11H2,(H,19,27)(H,20,24)(H,25,26);/q;+1/p-1. The molecule has 1 aromatic heterocycles. The van der Waals surface area contributed by atoms with Crippen LogP contribution in [-0.2, 0) is 20.9 Å². The van der Waals surface area contributed by atoms with Crippen LogP contribution < -0.4 is 45.3 Å². The zero-order valence-corrected chi connectivity index (χ0v) is 17.6. The van der Waals surface area contributed by atoms with Gasteiger partial charge in [0.25, 0.3) is 0 Å². The molecule has 1 atom stereocenters. The Bertz CT molecular complexity index is 994. The Balaban J connectivity index is 0.00000300. The molecule has 0 aliphatic carbocycles. The molecular formula is C18H16N5NaO5. The molecule has 1 heterocycles. The molecule has 0 fully saturated rings. The maximum atomic E-state index is 12.0. The van der Waals surface area contributed by atoms with Crippen molar-refractivity contribution in [1.82, 2.24) is 25.6 Å². The molecule has 29 heavy (non-hydrogen) atoms. The van der Waals surface area contributed by atoms with Crippen LogP contribution in [0, 0.1) is 0 Å². The molecule has 0 spiro atoms. The number of ether oxygens (including phenoxy) is 1. The van der Waals surface area contributed by atoms with E-state index in [1.54, 1.807) is 48.5 Å². The largest absolute Gasteiger partial charge is 1.00 e. The van der Waals surface area contributed by atoms with Crippen molar-refractivity contribution >= 4 is 29.0 Å². The zero-order valence-electron chi connectivity index (χ0n) is 15.6. The van der Waals surface area contributed by atoms with Gasteiger partial charge in [-0.2, -0.15) is 0 Å². The van der Waals surface area contributed by atoms with Gasteiger partial charge in [-0.05, 0) is 17.7 Å². The Labute approximate surface area is 187 Å². The van der Waals surface area contributed by atoms with Crippen molar-refractivity contribution in [2.24, 2.45) is 0 Å². The maximum Gasteiger partial charge on any atom is 1.00 e. The van der Waals surface area contributed by atoms with Gasteiger partial charge in [0.1, 0.15) is 18.7 Å². The fraction of sp³-hybridized carbons (Fsp3) is 0.167. The molecule has 3 aromatic rings. The number of carboxylic acid groups (broad SMARTS) is 1. The van der Waals surface area contributed by atoms with Crippen LogP contribution in [0.3, 0.4) is 0 Å². The Morgan fingerprint density at radius 3 is 2.48 bits per heavy atom. The van der Waals surface area contributed by atoms with Gasteiger partial charge in [0, 0.05) is 0 Å². The van der Waals surface area contributed by atoms with E-state index in [-0.39, 0.29) is 36.2 Å². The first-order valence-electron chi connectivity index (χ1n) is 8.29. The molecular weight excluding hydrogens is 389 g/mol. The predicted octanol–water partition coefficient (Wildman–Crippen LogP) is -3.27. The third-order valence-electron chi connectivity index (χ3n) is 3.75. The number of aliphatic carboxylic acids is 1. The first-order valence-corrected chi connectivity index (χ1v) is 8.29. The van der Waals surface area contributed by atoms with E-state index in [1.165, 1.54) is 0 Å². The second-order valence-electron chi connectivity index (χ2n) is 5.73. The number of benzene rings is 2. The summed E-state index contributed by atoms with van der Waals surface area (Å²) >= 11 is 0. The molecule has 0 aliphatic heterocycles. The Kier molecular flexibility index (Phi) is 8.13. The van der Waals surface area contributed by atoms with Crippen LogP contribution in [0.15, 0.2) is 54.6 Å². The summed E-state index contributed by atoms with van der Waals surface area (Å²) in [5, 5.41) is 23.5. The molecule has 2 aromatic carbocycles. The van der Waals surface area contributed by atoms with E-state index in [4.69, 9.17) is 4.74 Å². The number of hydrogen-bond acceptors (Lipinski definition) is 7. The minimum Gasteiger partial charge on any atom is -0.546 e. The third kappa shape index (κ3) is 6.01. The molecule has 1 unspecified atom stereocenters. The van der Waals surface area contributed by atoms with Gasteiger partial charge in [0.2, 0.25) is 5.91 Å². The van der Waals surface area contributed by atoms with Crippen LogP contribution in [0.5, 0.6) is 0 Å². The van der Waals surface area contributed by atoms with E-state index in [1.807, 2.05) is 6.07 Å². The average Bonchev–Trinajstić information content (AvgIpc) is 3.13. The number of hydrogen-bond donors (Lipinski definition) is 2. The minimum absolute atomic E-state index is 0. The van der Waals surface area contributed by atoms with Gasteiger partial charge in [0.15, 0.2) is 6.17 Å². The first-order chi connectivity index (χ1) is 13.5. The van der Waals surface area contributed by atoms with E-state index in [9.17, 15) is 19.5 Å². The molecule has 2 N–H and O–H groups in total. The summed E-state index contributed by atoms with van der Waals surface area (Å²) in [4.78, 5) is 35.2. The van der Waals surface area contributed by atoms with Crippen LogP contribution in [0.4, 0.5) is 4.79 Å². The van der Waals surface area contributed by atoms with Crippen molar-refractivity contribution in [3.05, 3.63) is 60.2 Å². The number of fused-ring (bicyclic) bond motifs is 1. The second-order valence-corrected chi connectivity index (χ2v) is 5.73. The molecule has 0 saturated carbocycles. The smallest absolute Gasteiger partial charge is 0.546 e. The van der Waals surface area contributed by atoms with Gasteiger partial charge in [0.05, 0.1) is 11.5 Å². The average molecular weight is 405 g/mol.